The molecular formula is C29H35FN4O4S. The molecule has 4 unspecified atom stereocenters. The Kier molecular flexibility index (Phi) is 8.60. The van der Waals surface area contributed by atoms with E-state index < -0.39 is 35.5 Å². The van der Waals surface area contributed by atoms with E-state index >= 15 is 4.39 Å². The van der Waals surface area contributed by atoms with Crippen molar-refractivity contribution in [1.82, 2.24) is 15.5 Å². The number of amides is 3. The smallest absolute Gasteiger partial charge is 0.411 e. The molecule has 39 heavy (non-hydrogen) atoms. The summed E-state index contributed by atoms with van der Waals surface area (Å²) < 4.78 is 20.6. The average molecular weight is 555 g/mol. The number of nitrogens with one attached hydrogen (secondary N) is 2. The molecule has 4 atom stereocenters. The van der Waals surface area contributed by atoms with E-state index in [4.69, 9.17) is 4.74 Å². The lowest BCUT2D eigenvalue weighted by Gasteiger charge is -2.35. The highest BCUT2D eigenvalue weighted by molar-refractivity contribution is 7.12. The summed E-state index contributed by atoms with van der Waals surface area (Å²) in [6.07, 6.45) is 2.68. The Hall–Kier alpha value is -3.45. The van der Waals surface area contributed by atoms with E-state index in [0.29, 0.717) is 22.5 Å². The van der Waals surface area contributed by atoms with Crippen LogP contribution in [0, 0.1) is 23.1 Å². The lowest BCUT2D eigenvalue weighted by molar-refractivity contribution is -0.128. The van der Waals surface area contributed by atoms with Gasteiger partial charge < -0.3 is 15.4 Å². The maximum atomic E-state index is 15.1. The van der Waals surface area contributed by atoms with E-state index in [2.05, 4.69) is 16.7 Å². The molecule has 1 saturated heterocycles. The first-order valence-corrected chi connectivity index (χ1v) is 14.3. The lowest BCUT2D eigenvalue weighted by atomic mass is 9.97. The molecule has 2 aromatic rings. The van der Waals surface area contributed by atoms with Gasteiger partial charge >= 0.3 is 6.09 Å². The minimum atomic E-state index is -0.965. The zero-order chi connectivity index (χ0) is 28.3. The third kappa shape index (κ3) is 6.59. The number of rotatable bonds is 8. The molecule has 4 rings (SSSR count). The molecule has 0 radical (unpaired) electrons. The Labute approximate surface area is 232 Å². The second-order valence-corrected chi connectivity index (χ2v) is 12.1. The molecule has 208 valence electrons. The largest absolute Gasteiger partial charge is 0.444 e. The summed E-state index contributed by atoms with van der Waals surface area (Å²) in [5, 5.41) is 17.1. The van der Waals surface area contributed by atoms with Gasteiger partial charge in [-0.2, -0.15) is 5.26 Å². The Morgan fingerprint density at radius 2 is 2.00 bits per heavy atom. The molecule has 1 aromatic carbocycles. The molecule has 1 saturated carbocycles. The van der Waals surface area contributed by atoms with Crippen LogP contribution in [0.1, 0.15) is 68.6 Å². The highest BCUT2D eigenvalue weighted by Crippen LogP contribution is 2.43. The molecule has 2 N–H and O–H groups in total. The number of nitrogens with zero attached hydrogens (tertiary/aromatic N) is 2. The average Bonchev–Trinajstić information content (AvgIpc) is 3.63. The number of nitriles is 1. The Bertz CT molecular complexity index is 1280. The number of piperidine rings is 1. The minimum Gasteiger partial charge on any atom is -0.444 e. The van der Waals surface area contributed by atoms with Crippen LogP contribution in [0.25, 0.3) is 11.1 Å². The van der Waals surface area contributed by atoms with Gasteiger partial charge in [-0.3, -0.25) is 14.5 Å². The zero-order valence-corrected chi connectivity index (χ0v) is 23.6. The number of likely N-dealkylation sites (tertiary alicyclic amines) is 1. The van der Waals surface area contributed by atoms with Crippen molar-refractivity contribution in [2.75, 3.05) is 6.54 Å². The summed E-state index contributed by atoms with van der Waals surface area (Å²) in [5.74, 6) is -1.06. The van der Waals surface area contributed by atoms with Crippen LogP contribution in [0.15, 0.2) is 29.6 Å². The number of benzene rings is 1. The maximum Gasteiger partial charge on any atom is 0.411 e. The Balaban J connectivity index is 1.42. The number of fused-ring (bicyclic) bond motifs is 2. The van der Waals surface area contributed by atoms with Gasteiger partial charge in [0.25, 0.3) is 5.91 Å². The number of hydrogen-bond donors (Lipinski definition) is 2. The quantitative estimate of drug-likeness (QED) is 0.475. The fourth-order valence-electron chi connectivity index (χ4n) is 5.33. The van der Waals surface area contributed by atoms with Crippen LogP contribution in [0.3, 0.4) is 0 Å². The van der Waals surface area contributed by atoms with Crippen molar-refractivity contribution in [3.63, 3.8) is 0 Å². The number of thiophene rings is 1. The van der Waals surface area contributed by atoms with Crippen LogP contribution in [0.4, 0.5) is 9.18 Å². The maximum absolute atomic E-state index is 15.1. The number of carbonyl (C=O) groups is 3. The molecule has 1 aliphatic carbocycles. The molecule has 1 aromatic heterocycles. The van der Waals surface area contributed by atoms with Gasteiger partial charge in [0.1, 0.15) is 23.5 Å². The van der Waals surface area contributed by atoms with Crippen molar-refractivity contribution in [2.24, 2.45) is 5.92 Å². The number of ether oxygens (including phenoxy) is 1. The van der Waals surface area contributed by atoms with Crippen molar-refractivity contribution >= 4 is 29.2 Å². The normalized spacial score (nSPS) is 20.8. The highest BCUT2D eigenvalue weighted by Gasteiger charge is 2.52. The number of halogens is 1. The zero-order valence-electron chi connectivity index (χ0n) is 22.8. The summed E-state index contributed by atoms with van der Waals surface area (Å²) in [6, 6.07) is 6.78. The van der Waals surface area contributed by atoms with Crippen LogP contribution in [0.5, 0.6) is 0 Å². The van der Waals surface area contributed by atoms with Crippen LogP contribution < -0.4 is 10.6 Å². The first-order chi connectivity index (χ1) is 18.5. The summed E-state index contributed by atoms with van der Waals surface area (Å²) in [7, 11) is 0. The van der Waals surface area contributed by atoms with Gasteiger partial charge in [0.2, 0.25) is 5.91 Å². The Morgan fingerprint density at radius 1 is 1.23 bits per heavy atom. The van der Waals surface area contributed by atoms with Crippen molar-refractivity contribution in [3.8, 4) is 17.2 Å². The molecule has 8 nitrogen and oxygen atoms in total. The molecule has 2 aliphatic rings. The van der Waals surface area contributed by atoms with Crippen molar-refractivity contribution < 1.29 is 23.5 Å². The molecule has 2 heterocycles. The lowest BCUT2D eigenvalue weighted by Crippen LogP contribution is -2.55. The van der Waals surface area contributed by atoms with E-state index in [1.165, 1.54) is 22.3 Å². The monoisotopic (exact) mass is 554 g/mol. The molecule has 2 fully saturated rings. The van der Waals surface area contributed by atoms with Gasteiger partial charge in [-0.1, -0.05) is 19.1 Å². The number of hydrogen-bond acceptors (Lipinski definition) is 6. The molecular weight excluding hydrogens is 519 g/mol. The van der Waals surface area contributed by atoms with Crippen molar-refractivity contribution in [2.45, 2.75) is 83.5 Å². The molecule has 3 amide bonds. The van der Waals surface area contributed by atoms with Crippen LogP contribution in [-0.2, 0) is 16.0 Å². The van der Waals surface area contributed by atoms with E-state index in [-0.39, 0.29) is 24.3 Å². The first kappa shape index (κ1) is 28.6. The Morgan fingerprint density at radius 3 is 2.67 bits per heavy atom. The SMILES string of the molecule is CCCNC(=O)c1cc(-c2ccc(CC(C#N)NC(=O)C3C4CCC(C4)N3C(=O)OC(C)(C)C)c(F)c2)cs1. The van der Waals surface area contributed by atoms with Crippen molar-refractivity contribution in [3.05, 3.63) is 45.9 Å². The fraction of sp³-hybridized carbons (Fsp3) is 0.517. The summed E-state index contributed by atoms with van der Waals surface area (Å²) in [4.78, 5) is 40.4. The highest BCUT2D eigenvalue weighted by atomic mass is 32.1. The van der Waals surface area contributed by atoms with E-state index in [0.717, 1.165) is 31.2 Å². The minimum absolute atomic E-state index is 0.0115. The van der Waals surface area contributed by atoms with Gasteiger partial charge in [0.05, 0.1) is 10.9 Å². The molecule has 0 spiro atoms. The standard InChI is InChI=1S/C29H35FN4O4S/c1-5-10-32-26(35)24-14-20(16-39-24)17-6-7-18(23(30)13-17)11-21(15-31)33-27(36)25-19-8-9-22(12-19)34(25)28(37)38-29(2,3)4/h6-7,13-14,16,19,21-22,25H,5,8-12H2,1-4H3,(H,32,35)(H,33,36). The van der Waals surface area contributed by atoms with Crippen LogP contribution in [-0.4, -0.2) is 53.1 Å². The van der Waals surface area contributed by atoms with Gasteiger partial charge in [0.15, 0.2) is 0 Å². The van der Waals surface area contributed by atoms with Gasteiger partial charge in [-0.05, 0) is 86.6 Å². The van der Waals surface area contributed by atoms with E-state index in [1.807, 2.05) is 6.92 Å². The molecule has 1 aliphatic heterocycles. The van der Waals surface area contributed by atoms with E-state index in [1.54, 1.807) is 44.4 Å². The van der Waals surface area contributed by atoms with Gasteiger partial charge in [-0.15, -0.1) is 11.3 Å². The summed E-state index contributed by atoms with van der Waals surface area (Å²) in [6.45, 7) is 7.90. The summed E-state index contributed by atoms with van der Waals surface area (Å²) >= 11 is 1.29. The van der Waals surface area contributed by atoms with Crippen LogP contribution >= 0.6 is 11.3 Å². The third-order valence-electron chi connectivity index (χ3n) is 7.10. The molecule has 10 heteroatoms. The number of carbonyl (C=O) groups excluding carboxylic acids is 3. The van der Waals surface area contributed by atoms with Crippen LogP contribution in [0.2, 0.25) is 0 Å². The molecule has 2 bridgehead atoms. The fourth-order valence-corrected chi connectivity index (χ4v) is 6.17. The first-order valence-electron chi connectivity index (χ1n) is 13.4. The van der Waals surface area contributed by atoms with Gasteiger partial charge in [0, 0.05) is 19.0 Å². The topological polar surface area (TPSA) is 112 Å². The second kappa shape index (κ2) is 11.7. The van der Waals surface area contributed by atoms with E-state index in [9.17, 15) is 19.6 Å². The second-order valence-electron chi connectivity index (χ2n) is 11.2. The third-order valence-corrected chi connectivity index (χ3v) is 8.03. The summed E-state index contributed by atoms with van der Waals surface area (Å²) in [5.41, 5.74) is 0.953. The van der Waals surface area contributed by atoms with Crippen molar-refractivity contribution in [1.29, 1.82) is 5.26 Å². The predicted octanol–water partition coefficient (Wildman–Crippen LogP) is 5.03. The van der Waals surface area contributed by atoms with Gasteiger partial charge in [-0.25, -0.2) is 9.18 Å². The predicted molar refractivity (Wildman–Crippen MR) is 147 cm³/mol.